The highest BCUT2D eigenvalue weighted by molar-refractivity contribution is 8.27. The molecule has 25 heavy (non-hydrogen) atoms. The van der Waals surface area contributed by atoms with Gasteiger partial charge in [0.1, 0.15) is 17.3 Å². The predicted octanol–water partition coefficient (Wildman–Crippen LogP) is 3.54. The molecule has 0 unspecified atom stereocenters. The number of benzene rings is 2. The van der Waals surface area contributed by atoms with Gasteiger partial charge in [-0.1, -0.05) is 24.3 Å². The maximum absolute atomic E-state index is 14.3. The molecule has 0 saturated heterocycles. The van der Waals surface area contributed by atoms with Crippen molar-refractivity contribution in [3.63, 3.8) is 0 Å². The highest BCUT2D eigenvalue weighted by Gasteiger charge is 2.42. The van der Waals surface area contributed by atoms with Crippen LogP contribution in [0.2, 0.25) is 0 Å². The van der Waals surface area contributed by atoms with Crippen molar-refractivity contribution < 1.29 is 18.3 Å². The van der Waals surface area contributed by atoms with E-state index in [4.69, 9.17) is 0 Å². The van der Waals surface area contributed by atoms with E-state index in [2.05, 4.69) is 5.32 Å². The summed E-state index contributed by atoms with van der Waals surface area (Å²) in [5.41, 5.74) is 1.13. The number of rotatable bonds is 6. The fourth-order valence-corrected chi connectivity index (χ4v) is 4.62. The average molecular weight is 365 g/mol. The minimum Gasteiger partial charge on any atom is -0.313 e. The largest absolute Gasteiger partial charge is 0.313 e. The summed E-state index contributed by atoms with van der Waals surface area (Å²) < 4.78 is 38.6. The normalized spacial score (nSPS) is 16.6. The summed E-state index contributed by atoms with van der Waals surface area (Å²) in [7, 11) is -1.84. The van der Waals surface area contributed by atoms with Gasteiger partial charge in [0.15, 0.2) is 0 Å². The molecule has 0 bridgehead atoms. The van der Waals surface area contributed by atoms with E-state index < -0.39 is 16.8 Å². The number of nitrogens with zero attached hydrogens (tertiary/aromatic N) is 2. The fraction of sp³-hybridized carbons (Fsp3) is 0.235. The van der Waals surface area contributed by atoms with Gasteiger partial charge in [0.25, 0.3) is 0 Å². The number of Topliss-reactive ketones (excluding diaryl/α,β-unsaturated/α-hetero) is 1. The van der Waals surface area contributed by atoms with Gasteiger partial charge < -0.3 is 5.32 Å². The maximum Gasteiger partial charge on any atom is 0.148 e. The van der Waals surface area contributed by atoms with E-state index in [1.54, 1.807) is 43.4 Å². The number of hydrogen-bond donors (Lipinski definition) is 3. The van der Waals surface area contributed by atoms with E-state index in [1.807, 2.05) is 0 Å². The Hall–Kier alpha value is -2.13. The van der Waals surface area contributed by atoms with Gasteiger partial charge in [-0.15, -0.1) is 0 Å². The number of halogens is 1. The monoisotopic (exact) mass is 365 g/mol. The average Bonchev–Trinajstić information content (AvgIpc) is 2.80. The zero-order valence-corrected chi connectivity index (χ0v) is 14.5. The Morgan fingerprint density at radius 3 is 2.32 bits per heavy atom. The number of para-hydroxylation sites is 3. The number of anilines is 3. The summed E-state index contributed by atoms with van der Waals surface area (Å²) in [4.78, 5) is 11.8. The summed E-state index contributed by atoms with van der Waals surface area (Å²) in [5, 5.41) is 2.78. The first-order valence-electron chi connectivity index (χ1n) is 7.83. The Morgan fingerprint density at radius 2 is 1.68 bits per heavy atom. The number of carbonyl (C=O) groups is 1. The van der Waals surface area contributed by atoms with Crippen molar-refractivity contribution in [3.8, 4) is 0 Å². The van der Waals surface area contributed by atoms with Crippen molar-refractivity contribution in [1.29, 1.82) is 0 Å². The molecule has 134 valence electrons. The second-order valence-corrected chi connectivity index (χ2v) is 7.43. The first-order chi connectivity index (χ1) is 12.0. The van der Waals surface area contributed by atoms with Crippen LogP contribution < -0.4 is 13.9 Å². The van der Waals surface area contributed by atoms with E-state index in [9.17, 15) is 18.3 Å². The molecule has 0 spiro atoms. The predicted molar refractivity (Wildman–Crippen MR) is 98.7 cm³/mol. The van der Waals surface area contributed by atoms with Crippen molar-refractivity contribution in [3.05, 3.63) is 54.3 Å². The summed E-state index contributed by atoms with van der Waals surface area (Å²) in [5.74, 6) is -0.593. The van der Waals surface area contributed by atoms with Gasteiger partial charge in [-0.2, -0.15) is 0 Å². The molecule has 0 amide bonds. The molecule has 0 aromatic heterocycles. The van der Waals surface area contributed by atoms with Gasteiger partial charge in [0, 0.05) is 13.0 Å². The highest BCUT2D eigenvalue weighted by Crippen LogP contribution is 2.64. The van der Waals surface area contributed by atoms with Crippen LogP contribution in [0.3, 0.4) is 0 Å². The SMILES string of the molecule is CNCC(=O)CCN1c2ccccc2N(c2ccccc2F)S1(O)O. The smallest absolute Gasteiger partial charge is 0.148 e. The Labute approximate surface area is 147 Å². The van der Waals surface area contributed by atoms with E-state index in [0.29, 0.717) is 11.4 Å². The molecule has 3 N–H and O–H groups in total. The van der Waals surface area contributed by atoms with Crippen molar-refractivity contribution >= 4 is 33.8 Å². The molecule has 0 radical (unpaired) electrons. The quantitative estimate of drug-likeness (QED) is 0.727. The third kappa shape index (κ3) is 3.21. The highest BCUT2D eigenvalue weighted by atomic mass is 32.3. The van der Waals surface area contributed by atoms with Crippen LogP contribution in [0.25, 0.3) is 0 Å². The standard InChI is InChI=1S/C17H20FN3O3S/c1-19-12-13(22)10-11-20-16-8-4-5-9-17(16)21(25(20,23)24)15-7-3-2-6-14(15)18/h2-9,19,23-24H,10-12H2,1H3. The lowest BCUT2D eigenvalue weighted by atomic mass is 10.2. The van der Waals surface area contributed by atoms with Gasteiger partial charge in [-0.05, 0) is 42.3 Å². The van der Waals surface area contributed by atoms with Crippen LogP contribution >= 0.6 is 11.0 Å². The zero-order valence-electron chi connectivity index (χ0n) is 13.7. The van der Waals surface area contributed by atoms with Crippen LogP contribution in [0, 0.1) is 5.82 Å². The molecule has 2 aromatic carbocycles. The van der Waals surface area contributed by atoms with Gasteiger partial charge in [0.05, 0.1) is 17.9 Å². The first kappa shape index (κ1) is 17.7. The van der Waals surface area contributed by atoms with E-state index >= 15 is 0 Å². The first-order valence-corrected chi connectivity index (χ1v) is 9.29. The fourth-order valence-electron chi connectivity index (χ4n) is 2.84. The van der Waals surface area contributed by atoms with E-state index in [1.165, 1.54) is 20.7 Å². The summed E-state index contributed by atoms with van der Waals surface area (Å²) >= 11 is 0. The minimum absolute atomic E-state index is 0.0421. The van der Waals surface area contributed by atoms with Gasteiger partial charge in [-0.3, -0.25) is 18.2 Å². The van der Waals surface area contributed by atoms with Crippen LogP contribution in [-0.4, -0.2) is 35.0 Å². The lowest BCUT2D eigenvalue weighted by Crippen LogP contribution is -2.33. The molecule has 0 saturated carbocycles. The Morgan fingerprint density at radius 1 is 1.08 bits per heavy atom. The molecule has 0 fully saturated rings. The molecule has 0 atom stereocenters. The number of nitrogens with one attached hydrogen (secondary N) is 1. The maximum atomic E-state index is 14.3. The van der Waals surface area contributed by atoms with Gasteiger partial charge in [-0.25, -0.2) is 8.70 Å². The van der Waals surface area contributed by atoms with Crippen LogP contribution in [0.4, 0.5) is 21.5 Å². The van der Waals surface area contributed by atoms with Gasteiger partial charge in [0.2, 0.25) is 0 Å². The lowest BCUT2D eigenvalue weighted by molar-refractivity contribution is -0.117. The zero-order chi connectivity index (χ0) is 18.0. The van der Waals surface area contributed by atoms with Crippen molar-refractivity contribution in [2.24, 2.45) is 0 Å². The third-order valence-electron chi connectivity index (χ3n) is 3.95. The summed E-state index contributed by atoms with van der Waals surface area (Å²) in [6, 6.07) is 12.9. The topological polar surface area (TPSA) is 76.0 Å². The number of hydrogen-bond acceptors (Lipinski definition) is 6. The van der Waals surface area contributed by atoms with Crippen molar-refractivity contribution in [2.75, 3.05) is 28.7 Å². The molecule has 2 aromatic rings. The van der Waals surface area contributed by atoms with Crippen LogP contribution in [0.1, 0.15) is 6.42 Å². The third-order valence-corrected chi connectivity index (χ3v) is 5.80. The number of likely N-dealkylation sites (N-methyl/N-ethyl adjacent to an activating group) is 1. The van der Waals surface area contributed by atoms with E-state index in [0.717, 1.165) is 0 Å². The number of carbonyl (C=O) groups excluding carboxylic acids is 1. The van der Waals surface area contributed by atoms with E-state index in [-0.39, 0.29) is 31.0 Å². The second kappa shape index (κ2) is 7.01. The second-order valence-electron chi connectivity index (χ2n) is 5.65. The van der Waals surface area contributed by atoms with Gasteiger partial charge >= 0.3 is 0 Å². The molecule has 1 heterocycles. The Bertz CT molecular complexity index is 787. The minimum atomic E-state index is -3.52. The summed E-state index contributed by atoms with van der Waals surface area (Å²) in [6.07, 6.45) is 0.149. The number of ketones is 1. The van der Waals surface area contributed by atoms with Crippen LogP contribution in [0.5, 0.6) is 0 Å². The molecule has 1 aliphatic rings. The molecule has 8 heteroatoms. The lowest BCUT2D eigenvalue weighted by Gasteiger charge is -2.43. The molecule has 6 nitrogen and oxygen atoms in total. The Kier molecular flexibility index (Phi) is 4.96. The molecule has 0 aliphatic carbocycles. The van der Waals surface area contributed by atoms with Crippen molar-refractivity contribution in [2.45, 2.75) is 6.42 Å². The molecule has 1 aliphatic heterocycles. The molecule has 3 rings (SSSR count). The van der Waals surface area contributed by atoms with Crippen molar-refractivity contribution in [1.82, 2.24) is 5.32 Å². The summed E-state index contributed by atoms with van der Waals surface area (Å²) in [6.45, 7) is 0.344. The van der Waals surface area contributed by atoms with Crippen LogP contribution in [-0.2, 0) is 4.79 Å². The Balaban J connectivity index is 1.99. The molecular weight excluding hydrogens is 345 g/mol. The molecular formula is C17H20FN3O3S. The van der Waals surface area contributed by atoms with Crippen LogP contribution in [0.15, 0.2) is 48.5 Å². The number of fused-ring (bicyclic) bond motifs is 1.